The molecule has 26 heavy (non-hydrogen) atoms. The van der Waals surface area contributed by atoms with Crippen LogP contribution in [0.2, 0.25) is 0 Å². The maximum Gasteiger partial charge on any atom is 0.337 e. The lowest BCUT2D eigenvalue weighted by atomic mass is 10.00. The van der Waals surface area contributed by atoms with Crippen molar-refractivity contribution in [2.75, 3.05) is 19.3 Å². The molecule has 0 spiro atoms. The third-order valence-electron chi connectivity index (χ3n) is 4.45. The molecule has 1 saturated heterocycles. The van der Waals surface area contributed by atoms with E-state index in [-0.39, 0.29) is 17.0 Å². The van der Waals surface area contributed by atoms with Crippen LogP contribution in [-0.2, 0) is 16.6 Å². The van der Waals surface area contributed by atoms with Crippen LogP contribution in [0.5, 0.6) is 0 Å². The van der Waals surface area contributed by atoms with Crippen LogP contribution in [0.25, 0.3) is 5.69 Å². The van der Waals surface area contributed by atoms with Gasteiger partial charge in [-0.2, -0.15) is 5.10 Å². The molecular weight excluding hydrogens is 360 g/mol. The van der Waals surface area contributed by atoms with Crippen molar-refractivity contribution in [3.63, 3.8) is 0 Å². The molecule has 2 aromatic heterocycles. The lowest BCUT2D eigenvalue weighted by Gasteiger charge is -2.30. The SMILES string of the molecule is CS(=O)(=O)N1CCCC(Cn2cc(-n3cc(C(=O)O)ccc3=O)cn2)C1. The number of nitrogens with zero attached hydrogens (tertiary/aromatic N) is 4. The lowest BCUT2D eigenvalue weighted by molar-refractivity contribution is 0.0696. The molecule has 3 heterocycles. The first kappa shape index (κ1) is 18.3. The molecule has 0 saturated carbocycles. The molecule has 1 fully saturated rings. The van der Waals surface area contributed by atoms with Crippen LogP contribution in [0.3, 0.4) is 0 Å². The zero-order chi connectivity index (χ0) is 18.9. The van der Waals surface area contributed by atoms with E-state index in [0.29, 0.717) is 25.3 Å². The Morgan fingerprint density at radius 2 is 2.12 bits per heavy atom. The first-order valence-corrected chi connectivity index (χ1v) is 10.0. The summed E-state index contributed by atoms with van der Waals surface area (Å²) in [5, 5.41) is 13.3. The average molecular weight is 380 g/mol. The van der Waals surface area contributed by atoms with E-state index in [1.807, 2.05) is 0 Å². The molecule has 1 unspecified atom stereocenters. The van der Waals surface area contributed by atoms with Crippen molar-refractivity contribution in [3.8, 4) is 5.69 Å². The van der Waals surface area contributed by atoms with Crippen LogP contribution in [-0.4, -0.2) is 57.5 Å². The van der Waals surface area contributed by atoms with Crippen molar-refractivity contribution in [3.05, 3.63) is 46.6 Å². The fourth-order valence-electron chi connectivity index (χ4n) is 3.13. The monoisotopic (exact) mass is 380 g/mol. The van der Waals surface area contributed by atoms with Gasteiger partial charge in [-0.15, -0.1) is 0 Å². The molecule has 0 bridgehead atoms. The second-order valence-corrected chi connectivity index (χ2v) is 8.46. The number of hydrogen-bond acceptors (Lipinski definition) is 5. The van der Waals surface area contributed by atoms with Gasteiger partial charge in [0, 0.05) is 38.1 Å². The number of piperidine rings is 1. The third kappa shape index (κ3) is 4.02. The topological polar surface area (TPSA) is 115 Å². The summed E-state index contributed by atoms with van der Waals surface area (Å²) in [5.74, 6) is -0.984. The standard InChI is InChI=1S/C16H20N4O5S/c1-26(24,25)19-6-2-3-12(9-19)8-18-11-14(7-17-18)20-10-13(16(22)23)4-5-15(20)21/h4-5,7,10-12H,2-3,6,8-9H2,1H3,(H,22,23). The maximum absolute atomic E-state index is 12.0. The minimum absolute atomic E-state index is 0.00780. The van der Waals surface area contributed by atoms with Crippen LogP contribution >= 0.6 is 0 Å². The fraction of sp³-hybridized carbons (Fsp3) is 0.438. The Labute approximate surface area is 150 Å². The molecule has 2 aromatic rings. The van der Waals surface area contributed by atoms with Crippen molar-refractivity contribution >= 4 is 16.0 Å². The van der Waals surface area contributed by atoms with E-state index in [2.05, 4.69) is 5.10 Å². The number of sulfonamides is 1. The predicted molar refractivity (Wildman–Crippen MR) is 93.9 cm³/mol. The van der Waals surface area contributed by atoms with Crippen molar-refractivity contribution < 1.29 is 18.3 Å². The molecule has 10 heteroatoms. The summed E-state index contributed by atoms with van der Waals surface area (Å²) in [4.78, 5) is 23.1. The summed E-state index contributed by atoms with van der Waals surface area (Å²) in [6.45, 7) is 1.51. The first-order chi connectivity index (χ1) is 12.2. The molecular formula is C16H20N4O5S. The first-order valence-electron chi connectivity index (χ1n) is 8.18. The van der Waals surface area contributed by atoms with Gasteiger partial charge in [-0.25, -0.2) is 17.5 Å². The third-order valence-corrected chi connectivity index (χ3v) is 5.72. The number of aromatic carboxylic acids is 1. The normalized spacial score (nSPS) is 18.7. The van der Waals surface area contributed by atoms with Crippen molar-refractivity contribution in [1.82, 2.24) is 18.7 Å². The number of carboxylic acids is 1. The molecule has 1 atom stereocenters. The number of carbonyl (C=O) groups is 1. The van der Waals surface area contributed by atoms with Crippen molar-refractivity contribution in [2.45, 2.75) is 19.4 Å². The Kier molecular flexibility index (Phi) is 4.97. The van der Waals surface area contributed by atoms with E-state index in [9.17, 15) is 18.0 Å². The lowest BCUT2D eigenvalue weighted by Crippen LogP contribution is -2.40. The van der Waals surface area contributed by atoms with Crippen molar-refractivity contribution in [1.29, 1.82) is 0 Å². The average Bonchev–Trinajstić information content (AvgIpc) is 3.02. The van der Waals surface area contributed by atoms with Crippen LogP contribution in [0.15, 0.2) is 35.5 Å². The summed E-state index contributed by atoms with van der Waals surface area (Å²) < 4.78 is 27.8. The molecule has 1 aliphatic rings. The number of hydrogen-bond donors (Lipinski definition) is 1. The quantitative estimate of drug-likeness (QED) is 0.803. The van der Waals surface area contributed by atoms with Crippen LogP contribution in [0.4, 0.5) is 0 Å². The number of carboxylic acid groups (broad SMARTS) is 1. The molecule has 0 radical (unpaired) electrons. The Morgan fingerprint density at radius 1 is 1.35 bits per heavy atom. The van der Waals surface area contributed by atoms with E-state index >= 15 is 0 Å². The Morgan fingerprint density at radius 3 is 2.81 bits per heavy atom. The number of pyridine rings is 1. The highest BCUT2D eigenvalue weighted by atomic mass is 32.2. The van der Waals surface area contributed by atoms with E-state index in [1.54, 1.807) is 10.9 Å². The Bertz CT molecular complexity index is 979. The number of aromatic nitrogens is 3. The second-order valence-electron chi connectivity index (χ2n) is 6.48. The molecule has 0 amide bonds. The highest BCUT2D eigenvalue weighted by Gasteiger charge is 2.26. The summed E-state index contributed by atoms with van der Waals surface area (Å²) >= 11 is 0. The molecule has 1 aliphatic heterocycles. The minimum Gasteiger partial charge on any atom is -0.478 e. The van der Waals surface area contributed by atoms with Gasteiger partial charge in [0.25, 0.3) is 5.56 Å². The molecule has 3 rings (SSSR count). The van der Waals surface area contributed by atoms with Gasteiger partial charge in [-0.1, -0.05) is 0 Å². The summed E-state index contributed by atoms with van der Waals surface area (Å²) in [6, 6.07) is 2.46. The van der Waals surface area contributed by atoms with Gasteiger partial charge in [0.1, 0.15) is 0 Å². The van der Waals surface area contributed by atoms with E-state index in [1.165, 1.54) is 39.7 Å². The molecule has 0 aromatic carbocycles. The van der Waals surface area contributed by atoms with E-state index < -0.39 is 16.0 Å². The van der Waals surface area contributed by atoms with Gasteiger partial charge >= 0.3 is 5.97 Å². The maximum atomic E-state index is 12.0. The van der Waals surface area contributed by atoms with Gasteiger partial charge in [0.2, 0.25) is 10.0 Å². The van der Waals surface area contributed by atoms with Gasteiger partial charge in [0.15, 0.2) is 0 Å². The smallest absolute Gasteiger partial charge is 0.337 e. The van der Waals surface area contributed by atoms with Crippen LogP contribution in [0.1, 0.15) is 23.2 Å². The molecule has 0 aliphatic carbocycles. The Hall–Kier alpha value is -2.46. The van der Waals surface area contributed by atoms with E-state index in [4.69, 9.17) is 5.11 Å². The fourth-order valence-corrected chi connectivity index (χ4v) is 4.08. The van der Waals surface area contributed by atoms with Gasteiger partial charge in [0.05, 0.1) is 23.7 Å². The van der Waals surface area contributed by atoms with E-state index in [0.717, 1.165) is 12.8 Å². The summed E-state index contributed by atoms with van der Waals surface area (Å²) in [5.41, 5.74) is 0.123. The second kappa shape index (κ2) is 7.04. The predicted octanol–water partition coefficient (Wildman–Crippen LogP) is 0.404. The zero-order valence-electron chi connectivity index (χ0n) is 14.3. The molecule has 9 nitrogen and oxygen atoms in total. The van der Waals surface area contributed by atoms with Gasteiger partial charge < -0.3 is 5.11 Å². The highest BCUT2D eigenvalue weighted by Crippen LogP contribution is 2.20. The largest absolute Gasteiger partial charge is 0.478 e. The number of rotatable bonds is 5. The molecule has 140 valence electrons. The van der Waals surface area contributed by atoms with Crippen molar-refractivity contribution in [2.24, 2.45) is 5.92 Å². The van der Waals surface area contributed by atoms with Gasteiger partial charge in [-0.3, -0.25) is 14.0 Å². The van der Waals surface area contributed by atoms with Crippen LogP contribution < -0.4 is 5.56 Å². The highest BCUT2D eigenvalue weighted by molar-refractivity contribution is 7.88. The minimum atomic E-state index is -3.20. The summed E-state index contributed by atoms with van der Waals surface area (Å²) in [7, 11) is -3.20. The summed E-state index contributed by atoms with van der Waals surface area (Å²) in [6.07, 6.45) is 7.32. The van der Waals surface area contributed by atoms with Crippen LogP contribution in [0, 0.1) is 5.92 Å². The Balaban J connectivity index is 1.78. The molecule has 1 N–H and O–H groups in total. The zero-order valence-corrected chi connectivity index (χ0v) is 15.1. The van der Waals surface area contributed by atoms with Gasteiger partial charge in [-0.05, 0) is 24.8 Å².